The standard InChI is InChI=1S/C21H21NO5/c1-14(19(23)22-12-11-15-5-3-4-6-18(15)13-22)27-21(25)17-9-7-16(8-10-17)20(24)26-2/h3-10,14H,11-13H2,1-2H3/t14-/m1/s1. The lowest BCUT2D eigenvalue weighted by Gasteiger charge is -2.30. The summed E-state index contributed by atoms with van der Waals surface area (Å²) >= 11 is 0. The average Bonchev–Trinajstić information content (AvgIpc) is 2.72. The van der Waals surface area contributed by atoms with Crippen molar-refractivity contribution in [3.05, 3.63) is 70.8 Å². The van der Waals surface area contributed by atoms with E-state index in [9.17, 15) is 14.4 Å². The number of hydrogen-bond acceptors (Lipinski definition) is 5. The third-order valence-corrected chi connectivity index (χ3v) is 4.62. The molecule has 1 amide bonds. The van der Waals surface area contributed by atoms with Crippen molar-refractivity contribution in [2.45, 2.75) is 26.0 Å². The summed E-state index contributed by atoms with van der Waals surface area (Å²) in [5, 5.41) is 0. The van der Waals surface area contributed by atoms with Crippen LogP contribution in [0.15, 0.2) is 48.5 Å². The molecule has 0 saturated carbocycles. The van der Waals surface area contributed by atoms with Crippen molar-refractivity contribution in [3.8, 4) is 0 Å². The first kappa shape index (κ1) is 18.6. The van der Waals surface area contributed by atoms with Gasteiger partial charge in [-0.15, -0.1) is 0 Å². The Morgan fingerprint density at radius 1 is 0.926 bits per heavy atom. The first-order chi connectivity index (χ1) is 13.0. The number of methoxy groups -OCH3 is 1. The van der Waals surface area contributed by atoms with Gasteiger partial charge in [-0.05, 0) is 48.7 Å². The molecule has 1 aliphatic heterocycles. The van der Waals surface area contributed by atoms with Gasteiger partial charge in [0, 0.05) is 13.1 Å². The van der Waals surface area contributed by atoms with E-state index >= 15 is 0 Å². The number of hydrogen-bond donors (Lipinski definition) is 0. The molecule has 1 heterocycles. The monoisotopic (exact) mass is 367 g/mol. The molecule has 0 N–H and O–H groups in total. The number of nitrogens with zero attached hydrogens (tertiary/aromatic N) is 1. The number of esters is 2. The van der Waals surface area contributed by atoms with Gasteiger partial charge in [-0.25, -0.2) is 9.59 Å². The third-order valence-electron chi connectivity index (χ3n) is 4.62. The largest absolute Gasteiger partial charge is 0.465 e. The summed E-state index contributed by atoms with van der Waals surface area (Å²) in [5.74, 6) is -1.31. The molecule has 0 spiro atoms. The average molecular weight is 367 g/mol. The number of amides is 1. The third kappa shape index (κ3) is 4.16. The number of ether oxygens (including phenoxy) is 2. The lowest BCUT2D eigenvalue weighted by atomic mass is 9.99. The smallest absolute Gasteiger partial charge is 0.338 e. The molecule has 140 valence electrons. The maximum atomic E-state index is 12.6. The van der Waals surface area contributed by atoms with Gasteiger partial charge in [-0.2, -0.15) is 0 Å². The van der Waals surface area contributed by atoms with Gasteiger partial charge in [0.25, 0.3) is 5.91 Å². The van der Waals surface area contributed by atoms with Gasteiger partial charge >= 0.3 is 11.9 Å². The highest BCUT2D eigenvalue weighted by atomic mass is 16.5. The fourth-order valence-electron chi connectivity index (χ4n) is 3.08. The number of carbonyl (C=O) groups is 3. The van der Waals surface area contributed by atoms with Crippen molar-refractivity contribution in [3.63, 3.8) is 0 Å². The molecule has 1 atom stereocenters. The highest BCUT2D eigenvalue weighted by Crippen LogP contribution is 2.19. The molecule has 6 nitrogen and oxygen atoms in total. The highest BCUT2D eigenvalue weighted by Gasteiger charge is 2.27. The summed E-state index contributed by atoms with van der Waals surface area (Å²) in [6.07, 6.45) is -0.0968. The summed E-state index contributed by atoms with van der Waals surface area (Å²) in [6.45, 7) is 2.69. The zero-order valence-electron chi connectivity index (χ0n) is 15.3. The molecule has 2 aromatic carbocycles. The van der Waals surface area contributed by atoms with E-state index in [0.29, 0.717) is 18.7 Å². The number of benzene rings is 2. The lowest BCUT2D eigenvalue weighted by Crippen LogP contribution is -2.42. The molecule has 0 aliphatic carbocycles. The summed E-state index contributed by atoms with van der Waals surface area (Å²) in [7, 11) is 1.29. The predicted molar refractivity (Wildman–Crippen MR) is 98.2 cm³/mol. The van der Waals surface area contributed by atoms with Crippen LogP contribution < -0.4 is 0 Å². The molecule has 1 aliphatic rings. The van der Waals surface area contributed by atoms with E-state index in [1.54, 1.807) is 11.8 Å². The Morgan fingerprint density at radius 2 is 1.52 bits per heavy atom. The lowest BCUT2D eigenvalue weighted by molar-refractivity contribution is -0.140. The van der Waals surface area contributed by atoms with Gasteiger partial charge in [-0.1, -0.05) is 24.3 Å². The van der Waals surface area contributed by atoms with Crippen LogP contribution in [0.1, 0.15) is 38.8 Å². The van der Waals surface area contributed by atoms with Crippen LogP contribution in [0.3, 0.4) is 0 Å². The van der Waals surface area contributed by atoms with E-state index in [4.69, 9.17) is 4.74 Å². The van der Waals surface area contributed by atoms with Gasteiger partial charge in [0.15, 0.2) is 6.10 Å². The quantitative estimate of drug-likeness (QED) is 0.777. The Bertz CT molecular complexity index is 859. The molecule has 0 saturated heterocycles. The second-order valence-corrected chi connectivity index (χ2v) is 6.39. The van der Waals surface area contributed by atoms with Crippen molar-refractivity contribution in [1.29, 1.82) is 0 Å². The van der Waals surface area contributed by atoms with E-state index in [1.807, 2.05) is 18.2 Å². The molecule has 0 fully saturated rings. The Hall–Kier alpha value is -3.15. The minimum Gasteiger partial charge on any atom is -0.465 e. The Labute approximate surface area is 157 Å². The van der Waals surface area contributed by atoms with Crippen molar-refractivity contribution in [2.75, 3.05) is 13.7 Å². The second-order valence-electron chi connectivity index (χ2n) is 6.39. The first-order valence-electron chi connectivity index (χ1n) is 8.74. The maximum absolute atomic E-state index is 12.6. The zero-order valence-corrected chi connectivity index (χ0v) is 15.3. The zero-order chi connectivity index (χ0) is 19.4. The topological polar surface area (TPSA) is 72.9 Å². The fraction of sp³-hybridized carbons (Fsp3) is 0.286. The number of fused-ring (bicyclic) bond motifs is 1. The number of rotatable bonds is 4. The van der Waals surface area contributed by atoms with Crippen LogP contribution in [-0.2, 0) is 27.2 Å². The summed E-state index contributed by atoms with van der Waals surface area (Å²) in [5.41, 5.74) is 2.97. The Morgan fingerprint density at radius 3 is 2.15 bits per heavy atom. The van der Waals surface area contributed by atoms with Gasteiger partial charge < -0.3 is 14.4 Å². The molecular weight excluding hydrogens is 346 g/mol. The molecule has 0 radical (unpaired) electrons. The predicted octanol–water partition coefficient (Wildman–Crippen LogP) is 2.60. The van der Waals surface area contributed by atoms with Crippen molar-refractivity contribution < 1.29 is 23.9 Å². The van der Waals surface area contributed by atoms with E-state index in [-0.39, 0.29) is 11.5 Å². The number of carbonyl (C=O) groups excluding carboxylic acids is 3. The second kappa shape index (κ2) is 8.03. The minimum atomic E-state index is -0.886. The Balaban J connectivity index is 1.61. The fourth-order valence-corrected chi connectivity index (χ4v) is 3.08. The van der Waals surface area contributed by atoms with Crippen LogP contribution in [0, 0.1) is 0 Å². The minimum absolute atomic E-state index is 0.218. The molecular formula is C21H21NO5. The maximum Gasteiger partial charge on any atom is 0.338 e. The molecule has 0 bridgehead atoms. The van der Waals surface area contributed by atoms with Crippen molar-refractivity contribution in [2.24, 2.45) is 0 Å². The summed E-state index contributed by atoms with van der Waals surface area (Å²) in [4.78, 5) is 38.1. The van der Waals surface area contributed by atoms with Gasteiger partial charge in [0.05, 0.1) is 18.2 Å². The SMILES string of the molecule is COC(=O)c1ccc(C(=O)O[C@H](C)C(=O)N2CCc3ccccc3C2)cc1. The van der Waals surface area contributed by atoms with Crippen molar-refractivity contribution >= 4 is 17.8 Å². The van der Waals surface area contributed by atoms with E-state index in [1.165, 1.54) is 36.9 Å². The van der Waals surface area contributed by atoms with Crippen LogP contribution in [0.4, 0.5) is 0 Å². The van der Waals surface area contributed by atoms with E-state index in [2.05, 4.69) is 10.8 Å². The van der Waals surface area contributed by atoms with Gasteiger partial charge in [0.1, 0.15) is 0 Å². The van der Waals surface area contributed by atoms with Crippen LogP contribution in [0.5, 0.6) is 0 Å². The molecule has 0 aromatic heterocycles. The summed E-state index contributed by atoms with van der Waals surface area (Å²) < 4.78 is 9.94. The van der Waals surface area contributed by atoms with Crippen LogP contribution in [0.25, 0.3) is 0 Å². The van der Waals surface area contributed by atoms with Gasteiger partial charge in [0.2, 0.25) is 0 Å². The summed E-state index contributed by atoms with van der Waals surface area (Å²) in [6, 6.07) is 13.9. The molecule has 6 heteroatoms. The van der Waals surface area contributed by atoms with Gasteiger partial charge in [-0.3, -0.25) is 4.79 Å². The van der Waals surface area contributed by atoms with E-state index in [0.717, 1.165) is 12.0 Å². The molecule has 2 aromatic rings. The molecule has 3 rings (SSSR count). The van der Waals surface area contributed by atoms with Crippen molar-refractivity contribution in [1.82, 2.24) is 4.90 Å². The van der Waals surface area contributed by atoms with E-state index < -0.39 is 18.0 Å². The molecule has 27 heavy (non-hydrogen) atoms. The first-order valence-corrected chi connectivity index (χ1v) is 8.74. The van der Waals surface area contributed by atoms with Crippen LogP contribution in [-0.4, -0.2) is 42.5 Å². The Kier molecular flexibility index (Phi) is 5.54. The highest BCUT2D eigenvalue weighted by molar-refractivity contribution is 5.94. The van der Waals surface area contributed by atoms with Crippen LogP contribution in [0.2, 0.25) is 0 Å². The normalized spacial score (nSPS) is 14.1. The molecule has 0 unspecified atom stereocenters. The van der Waals surface area contributed by atoms with Crippen LogP contribution >= 0.6 is 0 Å².